The van der Waals surface area contributed by atoms with Gasteiger partial charge in [0.25, 0.3) is 5.91 Å². The third kappa shape index (κ3) is 13.5. The average molecular weight is 550 g/mol. The van der Waals surface area contributed by atoms with E-state index in [9.17, 15) is 18.4 Å². The molecule has 5 nitrogen and oxygen atoms in total. The first-order valence-electron chi connectivity index (χ1n) is 12.6. The molecule has 1 unspecified atom stereocenters. The second-order valence-electron chi connectivity index (χ2n) is 8.44. The van der Waals surface area contributed by atoms with E-state index in [1.165, 1.54) is 54.2 Å². The Morgan fingerprint density at radius 2 is 1.63 bits per heavy atom. The summed E-state index contributed by atoms with van der Waals surface area (Å²) in [6.45, 7) is 15.8. The maximum absolute atomic E-state index is 12.9. The topological polar surface area (TPSA) is 64.6 Å². The summed E-state index contributed by atoms with van der Waals surface area (Å²) in [6.07, 6.45) is 9.41. The lowest BCUT2D eigenvalue weighted by Crippen LogP contribution is -2.27. The summed E-state index contributed by atoms with van der Waals surface area (Å²) in [4.78, 5) is 23.9. The number of hydrogen-bond donors (Lipinski definition) is 1. The van der Waals surface area contributed by atoms with Crippen molar-refractivity contribution in [2.45, 2.75) is 73.1 Å². The molecule has 2 aromatic carbocycles. The molecule has 2 aromatic rings. The molecule has 0 fully saturated rings. The van der Waals surface area contributed by atoms with E-state index in [2.05, 4.69) is 61.2 Å². The quantitative estimate of drug-likeness (QED) is 0.148. The number of alkyl halides is 2. The third-order valence-electron chi connectivity index (χ3n) is 5.24. The number of benzene rings is 2. The molecule has 0 aromatic heterocycles. The molecule has 1 N–H and O–H groups in total. The van der Waals surface area contributed by atoms with Crippen LogP contribution in [-0.4, -0.2) is 24.8 Å². The summed E-state index contributed by atoms with van der Waals surface area (Å²) in [5.74, 6) is -4.59. The van der Waals surface area contributed by atoms with Gasteiger partial charge in [0.1, 0.15) is 11.4 Å². The number of methoxy groups -OCH3 is 1. The molecule has 0 aliphatic heterocycles. The van der Waals surface area contributed by atoms with E-state index in [0.29, 0.717) is 5.56 Å². The fourth-order valence-corrected chi connectivity index (χ4v) is 3.00. The predicted octanol–water partition coefficient (Wildman–Crippen LogP) is 8.36. The second kappa shape index (κ2) is 18.2. The zero-order valence-electron chi connectivity index (χ0n) is 23.6. The van der Waals surface area contributed by atoms with E-state index in [-0.39, 0.29) is 11.4 Å². The Morgan fingerprint density at radius 3 is 2.05 bits per heavy atom. The molecule has 0 aliphatic rings. The highest BCUT2D eigenvalue weighted by Gasteiger charge is 2.23. The number of esters is 1. The van der Waals surface area contributed by atoms with Crippen LogP contribution in [-0.2, 0) is 9.53 Å². The number of amides is 1. The molecule has 1 amide bonds. The smallest absolute Gasteiger partial charge is 0.408 e. The van der Waals surface area contributed by atoms with E-state index in [0.717, 1.165) is 22.3 Å². The molecule has 210 valence electrons. The number of aryl methyl sites for hydroxylation is 1. The van der Waals surface area contributed by atoms with Crippen molar-refractivity contribution in [2.24, 2.45) is 0 Å². The second-order valence-corrected chi connectivity index (χ2v) is 9.11. The summed E-state index contributed by atoms with van der Waals surface area (Å²) in [5.41, 5.74) is 3.39. The molecule has 0 aliphatic carbocycles. The minimum Gasteiger partial charge on any atom is -0.464 e. The molecule has 0 bridgehead atoms. The van der Waals surface area contributed by atoms with Crippen LogP contribution in [0.5, 0.6) is 5.75 Å². The minimum absolute atomic E-state index is 0.0152. The van der Waals surface area contributed by atoms with Crippen molar-refractivity contribution in [3.63, 3.8) is 0 Å². The molecule has 0 saturated heterocycles. The Balaban J connectivity index is 0.00000116. The van der Waals surface area contributed by atoms with Crippen LogP contribution in [0.2, 0.25) is 0 Å². The van der Waals surface area contributed by atoms with Crippen molar-refractivity contribution in [3.05, 3.63) is 77.5 Å². The molecule has 8 heteroatoms. The van der Waals surface area contributed by atoms with E-state index >= 15 is 0 Å². The largest absolute Gasteiger partial charge is 0.464 e. The van der Waals surface area contributed by atoms with E-state index in [1.54, 1.807) is 24.3 Å². The maximum Gasteiger partial charge on any atom is 0.408 e. The summed E-state index contributed by atoms with van der Waals surface area (Å²) in [5, 5.41) is 2.39. The highest BCUT2D eigenvalue weighted by Crippen LogP contribution is 2.31. The first-order chi connectivity index (χ1) is 17.8. The number of allylic oxidation sites excluding steroid dienone is 2. The van der Waals surface area contributed by atoms with Gasteiger partial charge in [-0.2, -0.15) is 8.78 Å². The minimum atomic E-state index is -3.35. The number of carbonyl (C=O) groups is 2. The average Bonchev–Trinajstić information content (AvgIpc) is 2.88. The van der Waals surface area contributed by atoms with Gasteiger partial charge in [0, 0.05) is 5.56 Å². The van der Waals surface area contributed by atoms with Gasteiger partial charge in [0.05, 0.1) is 7.11 Å². The van der Waals surface area contributed by atoms with Gasteiger partial charge in [-0.25, -0.2) is 4.79 Å². The highest BCUT2D eigenvalue weighted by atomic mass is 31.0. The van der Waals surface area contributed by atoms with Crippen LogP contribution < -0.4 is 10.1 Å². The number of nitrogens with one attached hydrogen (secondary N) is 1. The fraction of sp³-hybridized carbons (Fsp3) is 0.400. The number of ether oxygens (including phenoxy) is 2. The third-order valence-corrected chi connectivity index (χ3v) is 5.35. The van der Waals surface area contributed by atoms with Crippen LogP contribution in [0.1, 0.15) is 74.9 Å². The van der Waals surface area contributed by atoms with Gasteiger partial charge < -0.3 is 14.8 Å². The van der Waals surface area contributed by atoms with Gasteiger partial charge in [-0.05, 0) is 83.0 Å². The SMILES string of the molecule is C/C=C/CCC.C=C(NC(=O)c1cc(C)c(C)c(-c2ccc(OC(F)(F)P)cc2)c1)C(=O)OC.CCCC. The molecule has 0 spiro atoms. The van der Waals surface area contributed by atoms with Gasteiger partial charge >= 0.3 is 11.8 Å². The Kier molecular flexibility index (Phi) is 16.8. The lowest BCUT2D eigenvalue weighted by atomic mass is 9.94. The summed E-state index contributed by atoms with van der Waals surface area (Å²) in [6, 6.07) is 9.44. The number of halogens is 2. The van der Waals surface area contributed by atoms with Gasteiger partial charge in [-0.1, -0.05) is 70.9 Å². The van der Waals surface area contributed by atoms with Crippen LogP contribution in [0.3, 0.4) is 0 Å². The van der Waals surface area contributed by atoms with Crippen molar-refractivity contribution in [1.29, 1.82) is 0 Å². The normalized spacial score (nSPS) is 10.5. The van der Waals surface area contributed by atoms with Gasteiger partial charge in [0.2, 0.25) is 0 Å². The van der Waals surface area contributed by atoms with Crippen LogP contribution >= 0.6 is 9.24 Å². The summed E-state index contributed by atoms with van der Waals surface area (Å²) < 4.78 is 34.9. The highest BCUT2D eigenvalue weighted by molar-refractivity contribution is 7.17. The molecule has 2 rings (SSSR count). The maximum atomic E-state index is 12.9. The first kappa shape index (κ1) is 35.0. The van der Waals surface area contributed by atoms with E-state index < -0.39 is 17.7 Å². The van der Waals surface area contributed by atoms with Gasteiger partial charge in [0.15, 0.2) is 0 Å². The van der Waals surface area contributed by atoms with Crippen LogP contribution in [0, 0.1) is 13.8 Å². The Bertz CT molecular complexity index is 1060. The summed E-state index contributed by atoms with van der Waals surface area (Å²) >= 11 is 0. The number of rotatable bonds is 9. The molecule has 0 radical (unpaired) electrons. The molecule has 0 saturated carbocycles. The first-order valence-corrected chi connectivity index (χ1v) is 13.2. The number of unbranched alkanes of at least 4 members (excludes halogenated alkanes) is 2. The molecular formula is C30H42F2NO4P. The summed E-state index contributed by atoms with van der Waals surface area (Å²) in [7, 11) is 2.50. The van der Waals surface area contributed by atoms with Crippen LogP contribution in [0.15, 0.2) is 60.8 Å². The van der Waals surface area contributed by atoms with Crippen molar-refractivity contribution in [1.82, 2.24) is 5.32 Å². The van der Waals surface area contributed by atoms with Crippen LogP contribution in [0.25, 0.3) is 11.1 Å². The lowest BCUT2D eigenvalue weighted by molar-refractivity contribution is -0.136. The van der Waals surface area contributed by atoms with Crippen molar-refractivity contribution in [2.75, 3.05) is 7.11 Å². The van der Waals surface area contributed by atoms with Crippen molar-refractivity contribution in [3.8, 4) is 16.9 Å². The van der Waals surface area contributed by atoms with E-state index in [4.69, 9.17) is 0 Å². The zero-order valence-corrected chi connectivity index (χ0v) is 24.8. The monoisotopic (exact) mass is 549 g/mol. The standard InChI is InChI=1S/C20H20F2NO4P.C6H12.C4H10/c1-11-9-15(18(24)23-13(3)19(25)26-4)10-17(12(11)2)14-5-7-16(8-6-14)27-20(21,22)28;1-3-5-6-4-2;1-3-4-2/h5-10H,3,28H2,1-2,4H3,(H,23,24);3,5H,4,6H2,1-2H3;3-4H2,1-2H3/b;5-3+;. The van der Waals surface area contributed by atoms with E-state index in [1.807, 2.05) is 13.8 Å². The van der Waals surface area contributed by atoms with Crippen molar-refractivity contribution < 1.29 is 27.8 Å². The molecule has 0 heterocycles. The number of hydrogen-bond acceptors (Lipinski definition) is 4. The van der Waals surface area contributed by atoms with Crippen molar-refractivity contribution >= 4 is 21.1 Å². The predicted molar refractivity (Wildman–Crippen MR) is 156 cm³/mol. The lowest BCUT2D eigenvalue weighted by Gasteiger charge is -2.15. The Hall–Kier alpha value is -3.05. The number of carbonyl (C=O) groups excluding carboxylic acids is 2. The fourth-order valence-electron chi connectivity index (χ4n) is 2.87. The molecule has 1 atom stereocenters. The zero-order chi connectivity index (χ0) is 29.3. The molecule has 38 heavy (non-hydrogen) atoms. The van der Waals surface area contributed by atoms with Gasteiger partial charge in [-0.15, -0.1) is 0 Å². The van der Waals surface area contributed by atoms with Crippen LogP contribution in [0.4, 0.5) is 8.78 Å². The Morgan fingerprint density at radius 1 is 1.05 bits per heavy atom. The Labute approximate surface area is 228 Å². The van der Waals surface area contributed by atoms with Gasteiger partial charge in [-0.3, -0.25) is 4.79 Å². The molecular weight excluding hydrogens is 507 g/mol.